The third-order valence-corrected chi connectivity index (χ3v) is 9.92. The number of hydrogen-bond donors (Lipinski definition) is 3. The van der Waals surface area contributed by atoms with E-state index in [-0.39, 0.29) is 27.9 Å². The molecule has 45 heavy (non-hydrogen) atoms. The summed E-state index contributed by atoms with van der Waals surface area (Å²) >= 11 is 12.0. The lowest BCUT2D eigenvalue weighted by Crippen LogP contribution is -2.52. The molecule has 11 nitrogen and oxygen atoms in total. The molecule has 0 bridgehead atoms. The molecule has 1 saturated heterocycles. The van der Waals surface area contributed by atoms with Crippen molar-refractivity contribution in [3.05, 3.63) is 75.8 Å². The second-order valence-electron chi connectivity index (χ2n) is 10.4. The average Bonchev–Trinajstić information content (AvgIpc) is 3.04. The van der Waals surface area contributed by atoms with Crippen LogP contribution in [0.5, 0.6) is 23.0 Å². The molecule has 4 rings (SSSR count). The minimum absolute atomic E-state index is 0.103. The summed E-state index contributed by atoms with van der Waals surface area (Å²) in [6, 6.07) is 12.8. The Balaban J connectivity index is 1.63. The summed E-state index contributed by atoms with van der Waals surface area (Å²) in [5, 5.41) is 21.6. The molecule has 0 saturated carbocycles. The van der Waals surface area contributed by atoms with E-state index in [0.717, 1.165) is 22.0 Å². The molecule has 0 aromatic heterocycles. The lowest BCUT2D eigenvalue weighted by molar-refractivity contribution is -0.139. The molecule has 0 aliphatic carbocycles. The molecule has 242 valence electrons. The van der Waals surface area contributed by atoms with Crippen molar-refractivity contribution in [2.45, 2.75) is 49.1 Å². The van der Waals surface area contributed by atoms with Crippen LogP contribution in [0, 0.1) is 0 Å². The van der Waals surface area contributed by atoms with Gasteiger partial charge >= 0.3 is 5.97 Å². The maximum atomic E-state index is 13.9. The van der Waals surface area contributed by atoms with Crippen molar-refractivity contribution < 1.29 is 42.4 Å². The molecule has 14 heteroatoms. The minimum Gasteiger partial charge on any atom is -0.505 e. The summed E-state index contributed by atoms with van der Waals surface area (Å²) in [6.45, 7) is -0.433. The Morgan fingerprint density at radius 2 is 1.73 bits per heavy atom. The van der Waals surface area contributed by atoms with E-state index in [1.54, 1.807) is 37.4 Å². The number of benzene rings is 3. The van der Waals surface area contributed by atoms with Crippen molar-refractivity contribution in [3.63, 3.8) is 0 Å². The molecule has 3 aromatic carbocycles. The first-order chi connectivity index (χ1) is 21.4. The molecule has 1 aliphatic heterocycles. The number of rotatable bonds is 13. The molecule has 0 radical (unpaired) electrons. The number of nitrogens with one attached hydrogen (secondary N) is 1. The topological polar surface area (TPSA) is 152 Å². The summed E-state index contributed by atoms with van der Waals surface area (Å²) < 4.78 is 44.7. The second kappa shape index (κ2) is 15.0. The molecule has 0 spiro atoms. The highest BCUT2D eigenvalue weighted by Gasteiger charge is 2.39. The number of nitrogens with zero attached hydrogens (tertiary/aromatic N) is 1. The number of aryl methyl sites for hydroxylation is 1. The van der Waals surface area contributed by atoms with Gasteiger partial charge in [-0.1, -0.05) is 47.8 Å². The van der Waals surface area contributed by atoms with Crippen molar-refractivity contribution in [3.8, 4) is 23.0 Å². The fourth-order valence-electron chi connectivity index (χ4n) is 5.18. The van der Waals surface area contributed by atoms with E-state index in [1.807, 2.05) is 12.1 Å². The van der Waals surface area contributed by atoms with Gasteiger partial charge in [-0.15, -0.1) is 0 Å². The molecule has 1 amide bonds. The summed E-state index contributed by atoms with van der Waals surface area (Å²) in [5.74, 6) is -0.626. The average molecular weight is 682 g/mol. The summed E-state index contributed by atoms with van der Waals surface area (Å²) in [6.07, 6.45) is 2.38. The maximum absolute atomic E-state index is 13.9. The van der Waals surface area contributed by atoms with Crippen LogP contribution >= 0.6 is 23.2 Å². The van der Waals surface area contributed by atoms with Crippen LogP contribution in [0.3, 0.4) is 0 Å². The van der Waals surface area contributed by atoms with Gasteiger partial charge in [-0.2, -0.15) is 4.31 Å². The number of carboxylic acids is 1. The molecule has 2 atom stereocenters. The highest BCUT2D eigenvalue weighted by atomic mass is 35.5. The molecule has 3 aromatic rings. The monoisotopic (exact) mass is 680 g/mol. The minimum atomic E-state index is -4.22. The normalized spacial score (nSPS) is 16.0. The van der Waals surface area contributed by atoms with Gasteiger partial charge < -0.3 is 29.7 Å². The van der Waals surface area contributed by atoms with Crippen LogP contribution in [0.25, 0.3) is 0 Å². The molecular weight excluding hydrogens is 647 g/mol. The smallest absolute Gasteiger partial charge is 0.341 e. The number of ether oxygens (including phenoxy) is 3. The van der Waals surface area contributed by atoms with Gasteiger partial charge in [0, 0.05) is 6.54 Å². The quantitative estimate of drug-likeness (QED) is 0.221. The van der Waals surface area contributed by atoms with Gasteiger partial charge in [0.2, 0.25) is 15.9 Å². The second-order valence-corrected chi connectivity index (χ2v) is 13.1. The van der Waals surface area contributed by atoms with Crippen molar-refractivity contribution in [1.82, 2.24) is 9.62 Å². The van der Waals surface area contributed by atoms with E-state index in [4.69, 9.17) is 42.5 Å². The number of aromatic hydroxyl groups is 1. The Morgan fingerprint density at radius 1 is 1.02 bits per heavy atom. The van der Waals surface area contributed by atoms with Crippen molar-refractivity contribution in [2.75, 3.05) is 27.4 Å². The van der Waals surface area contributed by atoms with E-state index in [2.05, 4.69) is 5.32 Å². The number of piperidine rings is 1. The number of carbonyl (C=O) groups excluding carboxylic acids is 1. The first kappa shape index (κ1) is 34.2. The number of phenols is 1. The number of hydrogen-bond acceptors (Lipinski definition) is 8. The van der Waals surface area contributed by atoms with Crippen LogP contribution in [-0.4, -0.2) is 68.2 Å². The van der Waals surface area contributed by atoms with Gasteiger partial charge in [0.15, 0.2) is 23.9 Å². The Labute approximate surface area is 271 Å². The number of sulfonamides is 1. The van der Waals surface area contributed by atoms with Crippen LogP contribution in [-0.2, 0) is 26.0 Å². The summed E-state index contributed by atoms with van der Waals surface area (Å²) in [5.41, 5.74) is 1.56. The maximum Gasteiger partial charge on any atom is 0.341 e. The van der Waals surface area contributed by atoms with E-state index in [9.17, 15) is 23.1 Å². The highest BCUT2D eigenvalue weighted by molar-refractivity contribution is 7.89. The fourth-order valence-corrected chi connectivity index (χ4v) is 7.51. The number of amides is 1. The third-order valence-electron chi connectivity index (χ3n) is 7.46. The lowest BCUT2D eigenvalue weighted by Gasteiger charge is -2.35. The first-order valence-electron chi connectivity index (χ1n) is 14.1. The molecule has 1 heterocycles. The Morgan fingerprint density at radius 3 is 2.40 bits per heavy atom. The van der Waals surface area contributed by atoms with E-state index >= 15 is 0 Å². The van der Waals surface area contributed by atoms with Crippen LogP contribution in [0.2, 0.25) is 10.0 Å². The Bertz CT molecular complexity index is 1630. The zero-order valence-corrected chi connectivity index (χ0v) is 27.0. The molecular formula is C31H34Cl2N2O9S. The Hall–Kier alpha value is -3.71. The fraction of sp³-hybridized carbons (Fsp3) is 0.355. The predicted molar refractivity (Wildman–Crippen MR) is 168 cm³/mol. The number of carboxylic acid groups (broad SMARTS) is 1. The Kier molecular flexibility index (Phi) is 11.4. The summed E-state index contributed by atoms with van der Waals surface area (Å²) in [4.78, 5) is 24.7. The van der Waals surface area contributed by atoms with Gasteiger partial charge in [0.05, 0.1) is 35.2 Å². The zero-order chi connectivity index (χ0) is 32.7. The highest BCUT2D eigenvalue weighted by Crippen LogP contribution is 2.37. The number of phenolic OH excluding ortho intramolecular Hbond substituents is 1. The van der Waals surface area contributed by atoms with E-state index in [1.165, 1.54) is 7.11 Å². The molecule has 1 aliphatic rings. The number of aliphatic carboxylic acids is 1. The van der Waals surface area contributed by atoms with Crippen molar-refractivity contribution in [2.24, 2.45) is 0 Å². The molecule has 1 fully saturated rings. The van der Waals surface area contributed by atoms with E-state index in [0.29, 0.717) is 48.5 Å². The zero-order valence-electron chi connectivity index (χ0n) is 24.7. The van der Waals surface area contributed by atoms with Crippen LogP contribution < -0.4 is 19.5 Å². The van der Waals surface area contributed by atoms with Crippen LogP contribution in [0.1, 0.15) is 42.9 Å². The van der Waals surface area contributed by atoms with Crippen molar-refractivity contribution in [1.29, 1.82) is 0 Å². The van der Waals surface area contributed by atoms with Crippen LogP contribution in [0.15, 0.2) is 59.5 Å². The van der Waals surface area contributed by atoms with Gasteiger partial charge in [-0.25, -0.2) is 13.2 Å². The number of methoxy groups -OCH3 is 2. The van der Waals surface area contributed by atoms with E-state index < -0.39 is 46.3 Å². The third kappa shape index (κ3) is 8.31. The summed E-state index contributed by atoms with van der Waals surface area (Å²) in [7, 11) is -1.14. The number of carbonyl (C=O) groups is 2. The lowest BCUT2D eigenvalue weighted by atomic mass is 9.97. The largest absolute Gasteiger partial charge is 0.505 e. The van der Waals surface area contributed by atoms with Crippen LogP contribution in [0.4, 0.5) is 0 Å². The van der Waals surface area contributed by atoms with Gasteiger partial charge in [-0.05, 0) is 73.2 Å². The first-order valence-corrected chi connectivity index (χ1v) is 16.3. The van der Waals surface area contributed by atoms with Crippen molar-refractivity contribution >= 4 is 45.1 Å². The van der Waals surface area contributed by atoms with Gasteiger partial charge in [0.1, 0.15) is 11.8 Å². The molecule has 0 unspecified atom stereocenters. The van der Waals surface area contributed by atoms with Gasteiger partial charge in [-0.3, -0.25) is 4.79 Å². The number of halogens is 2. The molecule has 3 N–H and O–H groups in total. The predicted octanol–water partition coefficient (Wildman–Crippen LogP) is 5.21. The van der Waals surface area contributed by atoms with Gasteiger partial charge in [0.25, 0.3) is 0 Å². The standard InChI is InChI=1S/C31H34Cl2N2O9S/c1-42-27-12-10-19(14-28(27)43-2)9-11-25(20-6-5-7-21(15-20)44-18-29(36)37)34-31(39)26-8-3-4-13-35(26)45(40,41)22-16-23(32)30(38)24(33)17-22/h5-7,10,12,14-17,25-26,38H,3-4,8-9,11,13,18H2,1-2H3,(H,34,39)(H,36,37)/t25-,26+/m1/s1. The SMILES string of the molecule is COc1ccc(CC[C@@H](NC(=O)[C@@H]2CCCCN2S(=O)(=O)c2cc(Cl)c(O)c(Cl)c2)c2cccc(OCC(=O)O)c2)cc1OC.